The molecule has 3 nitrogen and oxygen atoms in total. The van der Waals surface area contributed by atoms with Gasteiger partial charge in [0.15, 0.2) is 0 Å². The molecule has 14 heavy (non-hydrogen) atoms. The summed E-state index contributed by atoms with van der Waals surface area (Å²) >= 11 is -0.0941. The van der Waals surface area contributed by atoms with Gasteiger partial charge in [0.1, 0.15) is 0 Å². The van der Waals surface area contributed by atoms with E-state index in [2.05, 4.69) is 5.32 Å². The van der Waals surface area contributed by atoms with Crippen LogP contribution < -0.4 is 5.32 Å². The van der Waals surface area contributed by atoms with Crippen LogP contribution in [0.4, 0.5) is 18.0 Å². The number of fused-ring (bicyclic) bond motifs is 2. The summed E-state index contributed by atoms with van der Waals surface area (Å²) in [5, 5.41) is 1.90. The molecule has 2 aliphatic heterocycles. The summed E-state index contributed by atoms with van der Waals surface area (Å²) in [6.45, 7) is 0.409. The lowest BCUT2D eigenvalue weighted by atomic mass is 10.1. The Balaban J connectivity index is 2.03. The number of hydrogen-bond donors (Lipinski definition) is 1. The van der Waals surface area contributed by atoms with Crippen LogP contribution in [0.1, 0.15) is 12.8 Å². The molecule has 0 aromatic carbocycles. The topological polar surface area (TPSA) is 32.3 Å². The highest BCUT2D eigenvalue weighted by molar-refractivity contribution is 8.00. The van der Waals surface area contributed by atoms with E-state index in [9.17, 15) is 18.0 Å². The zero-order valence-electron chi connectivity index (χ0n) is 7.17. The van der Waals surface area contributed by atoms with Gasteiger partial charge >= 0.3 is 11.5 Å². The summed E-state index contributed by atoms with van der Waals surface area (Å²) in [6, 6.07) is -0.318. The molecule has 2 fully saturated rings. The minimum Gasteiger partial charge on any atom is -0.333 e. The average molecular weight is 226 g/mol. The third kappa shape index (κ3) is 1.92. The summed E-state index contributed by atoms with van der Waals surface area (Å²) in [7, 11) is 0. The number of halogens is 3. The second-order valence-corrected chi connectivity index (χ2v) is 4.64. The lowest BCUT2D eigenvalue weighted by Crippen LogP contribution is -2.39. The normalized spacial score (nSPS) is 31.9. The van der Waals surface area contributed by atoms with E-state index in [0.29, 0.717) is 19.4 Å². The number of amides is 2. The Hall–Kier alpha value is -0.590. The maximum Gasteiger partial charge on any atom is 0.443 e. The molecule has 2 bridgehead atoms. The minimum absolute atomic E-state index is 0.0487. The van der Waals surface area contributed by atoms with E-state index in [0.717, 1.165) is 0 Å². The van der Waals surface area contributed by atoms with Crippen LogP contribution in [0.25, 0.3) is 0 Å². The first-order chi connectivity index (χ1) is 6.46. The van der Waals surface area contributed by atoms with Gasteiger partial charge in [-0.2, -0.15) is 13.2 Å². The van der Waals surface area contributed by atoms with Gasteiger partial charge in [-0.1, -0.05) is 0 Å². The number of carbonyl (C=O) groups excluding carboxylic acids is 1. The molecule has 2 rings (SSSR count). The Labute approximate surface area is 83.0 Å². The molecule has 0 unspecified atom stereocenters. The highest BCUT2D eigenvalue weighted by atomic mass is 32.2. The van der Waals surface area contributed by atoms with Crippen LogP contribution in [0.3, 0.4) is 0 Å². The van der Waals surface area contributed by atoms with Crippen molar-refractivity contribution in [2.24, 2.45) is 0 Å². The first-order valence-corrected chi connectivity index (χ1v) is 5.15. The third-order valence-electron chi connectivity index (χ3n) is 2.38. The summed E-state index contributed by atoms with van der Waals surface area (Å²) in [6.07, 6.45) is 1.05. The van der Waals surface area contributed by atoms with Crippen LogP contribution in [0.5, 0.6) is 0 Å². The fourth-order valence-corrected chi connectivity index (χ4v) is 2.68. The summed E-state index contributed by atoms with van der Waals surface area (Å²) in [4.78, 5) is 12.5. The molecule has 0 aliphatic carbocycles. The molecule has 7 heteroatoms. The molecule has 2 atom stereocenters. The van der Waals surface area contributed by atoms with E-state index in [1.165, 1.54) is 4.90 Å². The number of thioether (sulfide) groups is 1. The van der Waals surface area contributed by atoms with Gasteiger partial charge in [-0.05, 0) is 24.6 Å². The van der Waals surface area contributed by atoms with Crippen LogP contribution in [0, 0.1) is 0 Å². The number of urea groups is 1. The van der Waals surface area contributed by atoms with E-state index < -0.39 is 10.9 Å². The van der Waals surface area contributed by atoms with Crippen molar-refractivity contribution in [2.45, 2.75) is 29.8 Å². The number of alkyl halides is 3. The molecule has 2 saturated heterocycles. The molecule has 1 N–H and O–H groups in total. The number of nitrogens with zero attached hydrogens (tertiary/aromatic N) is 1. The first-order valence-electron chi connectivity index (χ1n) is 4.27. The Morgan fingerprint density at radius 2 is 2.14 bits per heavy atom. The fourth-order valence-electron chi connectivity index (χ4n) is 1.81. The van der Waals surface area contributed by atoms with E-state index >= 15 is 0 Å². The van der Waals surface area contributed by atoms with Crippen LogP contribution in [-0.4, -0.2) is 34.4 Å². The van der Waals surface area contributed by atoms with Crippen molar-refractivity contribution >= 4 is 17.8 Å². The molecular weight excluding hydrogens is 217 g/mol. The second-order valence-electron chi connectivity index (χ2n) is 3.39. The largest absolute Gasteiger partial charge is 0.443 e. The predicted molar refractivity (Wildman–Crippen MR) is 45.7 cm³/mol. The quantitative estimate of drug-likeness (QED) is 0.738. The maximum atomic E-state index is 12.1. The fraction of sp³-hybridized carbons (Fsp3) is 0.857. The van der Waals surface area contributed by atoms with Gasteiger partial charge in [0.25, 0.3) is 0 Å². The summed E-state index contributed by atoms with van der Waals surface area (Å²) in [5.74, 6) is 0. The first kappa shape index (κ1) is 9.95. The van der Waals surface area contributed by atoms with Crippen LogP contribution in [-0.2, 0) is 0 Å². The second kappa shape index (κ2) is 3.22. The zero-order valence-corrected chi connectivity index (χ0v) is 7.99. The Morgan fingerprint density at radius 1 is 1.43 bits per heavy atom. The highest BCUT2D eigenvalue weighted by Crippen LogP contribution is 2.40. The van der Waals surface area contributed by atoms with Crippen molar-refractivity contribution in [1.82, 2.24) is 10.2 Å². The Bertz CT molecular complexity index is 258. The monoisotopic (exact) mass is 226 g/mol. The molecular formula is C7H9F3N2OS. The molecule has 0 radical (unpaired) electrons. The van der Waals surface area contributed by atoms with Gasteiger partial charge < -0.3 is 10.2 Å². The number of nitrogens with one attached hydrogen (secondary N) is 1. The van der Waals surface area contributed by atoms with Gasteiger partial charge in [0, 0.05) is 12.6 Å². The van der Waals surface area contributed by atoms with Crippen LogP contribution in [0.15, 0.2) is 0 Å². The number of carbonyl (C=O) groups is 1. The number of rotatable bonds is 1. The van der Waals surface area contributed by atoms with Crippen molar-refractivity contribution in [2.75, 3.05) is 6.54 Å². The van der Waals surface area contributed by atoms with E-state index in [4.69, 9.17) is 0 Å². The standard InChI is InChI=1S/C7H9F3N2OS/c8-7(9,10)14-5-2-1-4-3-12(5)6(13)11-4/h4-5H,1-3H2,(H,11,13)/t4-,5+/m0/s1. The van der Waals surface area contributed by atoms with Gasteiger partial charge in [0.2, 0.25) is 0 Å². The lowest BCUT2D eigenvalue weighted by Gasteiger charge is -2.30. The van der Waals surface area contributed by atoms with Crippen molar-refractivity contribution in [3.05, 3.63) is 0 Å². The van der Waals surface area contributed by atoms with Crippen molar-refractivity contribution in [1.29, 1.82) is 0 Å². The minimum atomic E-state index is -4.26. The molecule has 80 valence electrons. The molecule has 0 saturated carbocycles. The van der Waals surface area contributed by atoms with Gasteiger partial charge in [-0.25, -0.2) is 4.79 Å². The summed E-state index contributed by atoms with van der Waals surface area (Å²) in [5.41, 5.74) is -4.26. The molecule has 2 heterocycles. The maximum absolute atomic E-state index is 12.1. The predicted octanol–water partition coefficient (Wildman–Crippen LogP) is 1.75. The van der Waals surface area contributed by atoms with Gasteiger partial charge in [-0.15, -0.1) is 0 Å². The zero-order chi connectivity index (χ0) is 10.3. The Morgan fingerprint density at radius 3 is 2.79 bits per heavy atom. The number of hydrogen-bond acceptors (Lipinski definition) is 2. The molecule has 2 amide bonds. The molecule has 0 aromatic heterocycles. The smallest absolute Gasteiger partial charge is 0.333 e. The molecule has 2 aliphatic rings. The Kier molecular flexibility index (Phi) is 2.29. The highest BCUT2D eigenvalue weighted by Gasteiger charge is 2.44. The third-order valence-corrected chi connectivity index (χ3v) is 3.41. The van der Waals surface area contributed by atoms with Crippen molar-refractivity contribution in [3.8, 4) is 0 Å². The SMILES string of the molecule is O=C1N[C@H]2CC[C@@H](SC(F)(F)F)N1C2. The average Bonchev–Trinajstić information content (AvgIpc) is 2.33. The molecule has 0 aromatic rings. The van der Waals surface area contributed by atoms with Gasteiger partial charge in [-0.3, -0.25) is 0 Å². The van der Waals surface area contributed by atoms with E-state index in [1.54, 1.807) is 0 Å². The van der Waals surface area contributed by atoms with Gasteiger partial charge in [0.05, 0.1) is 5.37 Å². The van der Waals surface area contributed by atoms with Crippen molar-refractivity contribution < 1.29 is 18.0 Å². The molecule has 0 spiro atoms. The lowest BCUT2D eigenvalue weighted by molar-refractivity contribution is -0.0344. The van der Waals surface area contributed by atoms with E-state index in [1.807, 2.05) is 0 Å². The van der Waals surface area contributed by atoms with Crippen LogP contribution in [0.2, 0.25) is 0 Å². The van der Waals surface area contributed by atoms with Crippen LogP contribution >= 0.6 is 11.8 Å². The summed E-state index contributed by atoms with van der Waals surface area (Å²) < 4.78 is 36.3. The van der Waals surface area contributed by atoms with Crippen molar-refractivity contribution in [3.63, 3.8) is 0 Å². The van der Waals surface area contributed by atoms with E-state index in [-0.39, 0.29) is 23.8 Å². The number of piperidine rings is 1.